The molecule has 0 saturated heterocycles. The number of nitrogens with one attached hydrogen (secondary N) is 2. The molecule has 0 spiro atoms. The summed E-state index contributed by atoms with van der Waals surface area (Å²) in [5.74, 6) is 0.421. The Bertz CT molecular complexity index is 1110. The number of nitrogens with zero attached hydrogens (tertiary/aromatic N) is 4. The topological polar surface area (TPSA) is 93.4 Å². The third-order valence-corrected chi connectivity index (χ3v) is 4.42. The number of methoxy groups -OCH3 is 1. The zero-order valence-electron chi connectivity index (χ0n) is 15.4. The van der Waals surface area contributed by atoms with Crippen molar-refractivity contribution in [2.24, 2.45) is 0 Å². The Hall–Kier alpha value is -3.52. The molecule has 4 rings (SSSR count). The number of aromatic nitrogens is 4. The van der Waals surface area contributed by atoms with E-state index in [1.54, 1.807) is 19.5 Å². The lowest BCUT2D eigenvalue weighted by atomic mass is 10.1. The third-order valence-electron chi connectivity index (χ3n) is 4.42. The van der Waals surface area contributed by atoms with E-state index in [4.69, 9.17) is 4.74 Å². The van der Waals surface area contributed by atoms with Gasteiger partial charge >= 0.3 is 0 Å². The summed E-state index contributed by atoms with van der Waals surface area (Å²) in [6.45, 7) is 1.40. The highest BCUT2D eigenvalue weighted by atomic mass is 16.5. The number of carbonyl (C=O) groups excluding carboxylic acids is 1. The minimum Gasteiger partial charge on any atom is -0.383 e. The summed E-state index contributed by atoms with van der Waals surface area (Å²) in [5, 5.41) is 6.91. The minimum atomic E-state index is -0.185. The van der Waals surface area contributed by atoms with Gasteiger partial charge in [-0.3, -0.25) is 9.78 Å². The van der Waals surface area contributed by atoms with Crippen molar-refractivity contribution < 1.29 is 9.53 Å². The second kappa shape index (κ2) is 8.01. The Labute approximate surface area is 161 Å². The molecule has 4 heterocycles. The molecule has 8 heteroatoms. The molecule has 0 unspecified atom stereocenters. The van der Waals surface area contributed by atoms with Crippen LogP contribution in [0.4, 0.5) is 5.82 Å². The van der Waals surface area contributed by atoms with Crippen molar-refractivity contribution in [3.05, 3.63) is 66.4 Å². The molecule has 0 atom stereocenters. The van der Waals surface area contributed by atoms with Gasteiger partial charge in [0.2, 0.25) is 0 Å². The summed E-state index contributed by atoms with van der Waals surface area (Å²) in [6, 6.07) is 9.57. The maximum absolute atomic E-state index is 13.0. The van der Waals surface area contributed by atoms with Gasteiger partial charge in [0, 0.05) is 38.8 Å². The number of fused-ring (bicyclic) bond motifs is 3. The fraction of sp³-hybridized carbons (Fsp3) is 0.200. The first kappa shape index (κ1) is 17.9. The average molecular weight is 376 g/mol. The summed E-state index contributed by atoms with van der Waals surface area (Å²) < 4.78 is 6.93. The van der Waals surface area contributed by atoms with E-state index in [1.807, 2.05) is 40.9 Å². The zero-order valence-corrected chi connectivity index (χ0v) is 15.4. The van der Waals surface area contributed by atoms with Crippen molar-refractivity contribution in [2.75, 3.05) is 25.6 Å². The van der Waals surface area contributed by atoms with Crippen molar-refractivity contribution in [1.82, 2.24) is 24.7 Å². The lowest BCUT2D eigenvalue weighted by molar-refractivity contribution is 0.0940. The van der Waals surface area contributed by atoms with Gasteiger partial charge in [-0.2, -0.15) is 0 Å². The van der Waals surface area contributed by atoms with Gasteiger partial charge in [0.15, 0.2) is 5.65 Å². The predicted molar refractivity (Wildman–Crippen MR) is 106 cm³/mol. The van der Waals surface area contributed by atoms with E-state index in [1.165, 1.54) is 6.33 Å². The Kier molecular flexibility index (Phi) is 5.11. The van der Waals surface area contributed by atoms with Crippen molar-refractivity contribution in [2.45, 2.75) is 6.54 Å². The van der Waals surface area contributed by atoms with Crippen LogP contribution in [-0.4, -0.2) is 45.5 Å². The van der Waals surface area contributed by atoms with Crippen LogP contribution in [0.5, 0.6) is 0 Å². The Morgan fingerprint density at radius 1 is 1.21 bits per heavy atom. The molecule has 8 nitrogen and oxygen atoms in total. The molecule has 4 aromatic rings. The maximum Gasteiger partial charge on any atom is 0.254 e. The van der Waals surface area contributed by atoms with Crippen LogP contribution >= 0.6 is 0 Å². The van der Waals surface area contributed by atoms with Crippen LogP contribution in [0.2, 0.25) is 0 Å². The number of anilines is 1. The molecule has 0 aromatic carbocycles. The number of rotatable bonds is 7. The van der Waals surface area contributed by atoms with Crippen LogP contribution < -0.4 is 10.6 Å². The molecule has 0 fully saturated rings. The molecule has 28 heavy (non-hydrogen) atoms. The molecule has 0 bridgehead atoms. The fourth-order valence-electron chi connectivity index (χ4n) is 3.16. The lowest BCUT2D eigenvalue weighted by Crippen LogP contribution is -2.27. The summed E-state index contributed by atoms with van der Waals surface area (Å²) >= 11 is 0. The molecule has 2 N–H and O–H groups in total. The Balaban J connectivity index is 1.79. The van der Waals surface area contributed by atoms with Crippen LogP contribution in [0.15, 0.2) is 55.2 Å². The van der Waals surface area contributed by atoms with Gasteiger partial charge in [0.1, 0.15) is 12.1 Å². The Morgan fingerprint density at radius 2 is 2.14 bits per heavy atom. The van der Waals surface area contributed by atoms with Gasteiger partial charge < -0.3 is 19.8 Å². The lowest BCUT2D eigenvalue weighted by Gasteiger charge is -2.08. The van der Waals surface area contributed by atoms with E-state index in [9.17, 15) is 4.79 Å². The molecule has 1 amide bonds. The molecular formula is C20H20N6O2. The fourth-order valence-corrected chi connectivity index (χ4v) is 3.16. The Morgan fingerprint density at radius 3 is 2.96 bits per heavy atom. The van der Waals surface area contributed by atoms with Crippen molar-refractivity contribution in [3.8, 4) is 0 Å². The highest BCUT2D eigenvalue weighted by molar-refractivity contribution is 6.16. The molecule has 0 radical (unpaired) electrons. The second-order valence-corrected chi connectivity index (χ2v) is 6.22. The first-order valence-electron chi connectivity index (χ1n) is 8.93. The van der Waals surface area contributed by atoms with Crippen molar-refractivity contribution >= 4 is 28.3 Å². The largest absolute Gasteiger partial charge is 0.383 e. The SMILES string of the molecule is COCCNC(=O)c1c2c(NCc3cccnc3)ncnc2n2ccccc12. The molecule has 142 valence electrons. The highest BCUT2D eigenvalue weighted by Gasteiger charge is 2.22. The van der Waals surface area contributed by atoms with E-state index in [2.05, 4.69) is 25.6 Å². The number of ether oxygens (including phenoxy) is 1. The summed E-state index contributed by atoms with van der Waals surface area (Å²) in [7, 11) is 1.60. The first-order chi connectivity index (χ1) is 13.8. The molecule has 0 aliphatic rings. The average Bonchev–Trinajstić information content (AvgIpc) is 3.08. The van der Waals surface area contributed by atoms with Crippen molar-refractivity contribution in [1.29, 1.82) is 0 Å². The van der Waals surface area contributed by atoms with Gasteiger partial charge in [0.25, 0.3) is 5.91 Å². The predicted octanol–water partition coefficient (Wildman–Crippen LogP) is 2.27. The van der Waals surface area contributed by atoms with E-state index >= 15 is 0 Å². The monoisotopic (exact) mass is 376 g/mol. The second-order valence-electron chi connectivity index (χ2n) is 6.22. The number of hydrogen-bond donors (Lipinski definition) is 2. The molecule has 0 saturated carbocycles. The quantitative estimate of drug-likeness (QED) is 0.481. The number of carbonyl (C=O) groups is 1. The van der Waals surface area contributed by atoms with Gasteiger partial charge in [-0.25, -0.2) is 9.97 Å². The zero-order chi connectivity index (χ0) is 19.3. The van der Waals surface area contributed by atoms with E-state index < -0.39 is 0 Å². The third kappa shape index (κ3) is 3.37. The van der Waals surface area contributed by atoms with Gasteiger partial charge in [-0.15, -0.1) is 0 Å². The van der Waals surface area contributed by atoms with Crippen LogP contribution in [-0.2, 0) is 11.3 Å². The number of pyridine rings is 2. The summed E-state index contributed by atoms with van der Waals surface area (Å²) in [6.07, 6.45) is 6.91. The molecular weight excluding hydrogens is 356 g/mol. The van der Waals surface area contributed by atoms with Crippen molar-refractivity contribution in [3.63, 3.8) is 0 Å². The standard InChI is InChI=1S/C20H20N6O2/c1-28-10-8-22-20(27)16-15-6-2-3-9-26(15)19-17(16)18(24-13-25-19)23-12-14-5-4-7-21-11-14/h2-7,9,11,13H,8,10,12H2,1H3,(H,22,27)(H,23,24,25). The molecule has 4 aromatic heterocycles. The molecule has 0 aliphatic carbocycles. The van der Waals surface area contributed by atoms with Crippen LogP contribution in [0.3, 0.4) is 0 Å². The smallest absolute Gasteiger partial charge is 0.254 e. The maximum atomic E-state index is 13.0. The number of amides is 1. The van der Waals surface area contributed by atoms with Gasteiger partial charge in [0.05, 0.1) is 23.1 Å². The summed E-state index contributed by atoms with van der Waals surface area (Å²) in [4.78, 5) is 25.9. The van der Waals surface area contributed by atoms with Gasteiger partial charge in [-0.05, 0) is 23.8 Å². The van der Waals surface area contributed by atoms with E-state index in [0.717, 1.165) is 11.1 Å². The highest BCUT2D eigenvalue weighted by Crippen LogP contribution is 2.30. The first-order valence-corrected chi connectivity index (χ1v) is 8.93. The molecule has 0 aliphatic heterocycles. The van der Waals surface area contributed by atoms with Crippen LogP contribution in [0, 0.1) is 0 Å². The normalized spacial score (nSPS) is 11.0. The van der Waals surface area contributed by atoms with E-state index in [0.29, 0.717) is 42.1 Å². The number of hydrogen-bond acceptors (Lipinski definition) is 6. The van der Waals surface area contributed by atoms with Gasteiger partial charge in [-0.1, -0.05) is 12.1 Å². The minimum absolute atomic E-state index is 0.185. The summed E-state index contributed by atoms with van der Waals surface area (Å²) in [5.41, 5.74) is 3.01. The van der Waals surface area contributed by atoms with E-state index in [-0.39, 0.29) is 5.91 Å². The van der Waals surface area contributed by atoms with Crippen LogP contribution in [0.1, 0.15) is 15.9 Å². The van der Waals surface area contributed by atoms with Crippen LogP contribution in [0.25, 0.3) is 16.6 Å².